The zero-order valence-electron chi connectivity index (χ0n) is 21.5. The molecule has 2 amide bonds. The number of sulfonamides is 1. The van der Waals surface area contributed by atoms with E-state index in [9.17, 15) is 18.0 Å². The summed E-state index contributed by atoms with van der Waals surface area (Å²) in [6, 6.07) is 7.60. The van der Waals surface area contributed by atoms with Gasteiger partial charge in [0, 0.05) is 63.1 Å². The van der Waals surface area contributed by atoms with Crippen molar-refractivity contribution in [3.8, 4) is 0 Å². The minimum Gasteiger partial charge on any atom is -0.371 e. The molecule has 196 valence electrons. The average molecular weight is 517 g/mol. The molecule has 36 heavy (non-hydrogen) atoms. The SMILES string of the molecule is CC(=O)N(Cc1ccc(C)cc1N1CCCC1)C1(C)CCN(C(=O)n2ccc(NS(C)(=O)=O)n2)CC1. The van der Waals surface area contributed by atoms with E-state index in [1.54, 1.807) is 11.8 Å². The van der Waals surface area contributed by atoms with Crippen LogP contribution in [-0.2, 0) is 21.4 Å². The third-order valence-electron chi connectivity index (χ3n) is 7.23. The van der Waals surface area contributed by atoms with Gasteiger partial charge in [-0.05, 0) is 56.7 Å². The number of anilines is 2. The van der Waals surface area contributed by atoms with E-state index >= 15 is 0 Å². The predicted octanol–water partition coefficient (Wildman–Crippen LogP) is 3.03. The molecule has 11 heteroatoms. The second kappa shape index (κ2) is 10.1. The van der Waals surface area contributed by atoms with Gasteiger partial charge in [-0.25, -0.2) is 13.2 Å². The normalized spacial score (nSPS) is 17.8. The zero-order chi connectivity index (χ0) is 26.1. The fraction of sp³-hybridized carbons (Fsp3) is 0.560. The standard InChI is InChI=1S/C25H36N6O4S/c1-19-7-8-21(22(17-19)28-12-5-6-13-28)18-30(20(2)32)25(3)10-15-29(16-11-25)24(33)31-14-9-23(26-31)27-36(4,34)35/h7-9,14,17H,5-6,10-13,15-16,18H2,1-4H3,(H,26,27). The third-order valence-corrected chi connectivity index (χ3v) is 7.81. The summed E-state index contributed by atoms with van der Waals surface area (Å²) in [7, 11) is -3.48. The molecule has 2 fully saturated rings. The Morgan fingerprint density at radius 3 is 2.39 bits per heavy atom. The van der Waals surface area contributed by atoms with Gasteiger partial charge in [-0.1, -0.05) is 12.1 Å². The fourth-order valence-electron chi connectivity index (χ4n) is 5.18. The van der Waals surface area contributed by atoms with Gasteiger partial charge in [-0.2, -0.15) is 4.68 Å². The van der Waals surface area contributed by atoms with Crippen molar-refractivity contribution in [3.63, 3.8) is 0 Å². The van der Waals surface area contributed by atoms with Crippen LogP contribution < -0.4 is 9.62 Å². The minimum absolute atomic E-state index is 0.0220. The van der Waals surface area contributed by atoms with Gasteiger partial charge in [-0.3, -0.25) is 9.52 Å². The first kappa shape index (κ1) is 26.0. The van der Waals surface area contributed by atoms with Crippen LogP contribution in [0.15, 0.2) is 30.5 Å². The Hall–Kier alpha value is -3.08. The Labute approximate surface area is 213 Å². The second-order valence-electron chi connectivity index (χ2n) is 10.2. The van der Waals surface area contributed by atoms with Crippen molar-refractivity contribution in [2.45, 2.75) is 58.5 Å². The molecule has 0 saturated carbocycles. The summed E-state index contributed by atoms with van der Waals surface area (Å²) in [5.74, 6) is 0.121. The van der Waals surface area contributed by atoms with Crippen molar-refractivity contribution >= 4 is 33.5 Å². The third kappa shape index (κ3) is 5.83. The molecule has 2 aliphatic heterocycles. The van der Waals surface area contributed by atoms with Crippen LogP contribution in [-0.4, -0.2) is 77.9 Å². The van der Waals surface area contributed by atoms with E-state index < -0.39 is 10.0 Å². The van der Waals surface area contributed by atoms with Crippen LogP contribution in [0.2, 0.25) is 0 Å². The van der Waals surface area contributed by atoms with Crippen molar-refractivity contribution in [2.24, 2.45) is 0 Å². The van der Waals surface area contributed by atoms with Crippen LogP contribution in [0, 0.1) is 6.92 Å². The second-order valence-corrected chi connectivity index (χ2v) is 12.0. The lowest BCUT2D eigenvalue weighted by atomic mass is 9.87. The smallest absolute Gasteiger partial charge is 0.344 e. The quantitative estimate of drug-likeness (QED) is 0.632. The monoisotopic (exact) mass is 516 g/mol. The summed E-state index contributed by atoms with van der Waals surface area (Å²) in [6.45, 7) is 9.38. The Bertz CT molecular complexity index is 1230. The van der Waals surface area contributed by atoms with Crippen LogP contribution in [0.1, 0.15) is 50.7 Å². The number of hydrogen-bond donors (Lipinski definition) is 1. The van der Waals surface area contributed by atoms with Gasteiger partial charge < -0.3 is 14.7 Å². The van der Waals surface area contributed by atoms with Gasteiger partial charge >= 0.3 is 6.03 Å². The largest absolute Gasteiger partial charge is 0.371 e. The summed E-state index contributed by atoms with van der Waals surface area (Å²) >= 11 is 0. The minimum atomic E-state index is -3.48. The lowest BCUT2D eigenvalue weighted by molar-refractivity contribution is -0.137. The number of hydrogen-bond acceptors (Lipinski definition) is 6. The number of piperidine rings is 1. The summed E-state index contributed by atoms with van der Waals surface area (Å²) in [5, 5.41) is 4.05. The molecule has 1 aromatic carbocycles. The highest BCUT2D eigenvalue weighted by Gasteiger charge is 2.39. The highest BCUT2D eigenvalue weighted by molar-refractivity contribution is 7.92. The Kier molecular flexibility index (Phi) is 7.31. The number of carbonyl (C=O) groups is 2. The van der Waals surface area contributed by atoms with Crippen molar-refractivity contribution in [2.75, 3.05) is 42.1 Å². The maximum absolute atomic E-state index is 13.0. The highest BCUT2D eigenvalue weighted by atomic mass is 32.2. The summed E-state index contributed by atoms with van der Waals surface area (Å²) in [4.78, 5) is 31.9. The molecule has 3 heterocycles. The number of nitrogens with zero attached hydrogens (tertiary/aromatic N) is 5. The van der Waals surface area contributed by atoms with Crippen LogP contribution in [0.25, 0.3) is 0 Å². The van der Waals surface area contributed by atoms with E-state index in [0.29, 0.717) is 32.5 Å². The number of carbonyl (C=O) groups excluding carboxylic acids is 2. The molecule has 10 nitrogen and oxygen atoms in total. The van der Waals surface area contributed by atoms with E-state index in [-0.39, 0.29) is 23.3 Å². The van der Waals surface area contributed by atoms with E-state index in [2.05, 4.69) is 46.8 Å². The summed E-state index contributed by atoms with van der Waals surface area (Å²) in [5.41, 5.74) is 3.19. The molecule has 0 atom stereocenters. The van der Waals surface area contributed by atoms with Crippen molar-refractivity contribution in [1.29, 1.82) is 0 Å². The van der Waals surface area contributed by atoms with Crippen LogP contribution in [0.4, 0.5) is 16.3 Å². The number of benzene rings is 1. The van der Waals surface area contributed by atoms with Crippen molar-refractivity contribution in [1.82, 2.24) is 19.6 Å². The van der Waals surface area contributed by atoms with Gasteiger partial charge in [0.15, 0.2) is 5.82 Å². The lowest BCUT2D eigenvalue weighted by Crippen LogP contribution is -2.56. The van der Waals surface area contributed by atoms with Crippen LogP contribution in [0.3, 0.4) is 0 Å². The van der Waals surface area contributed by atoms with Crippen molar-refractivity contribution < 1.29 is 18.0 Å². The number of nitrogens with one attached hydrogen (secondary N) is 1. The van der Waals surface area contributed by atoms with Crippen LogP contribution in [0.5, 0.6) is 0 Å². The average Bonchev–Trinajstić information content (AvgIpc) is 3.49. The Morgan fingerprint density at radius 1 is 1.11 bits per heavy atom. The number of amides is 2. The molecular formula is C25H36N6O4S. The molecule has 0 unspecified atom stereocenters. The van der Waals surface area contributed by atoms with Gasteiger partial charge in [-0.15, -0.1) is 5.10 Å². The zero-order valence-corrected chi connectivity index (χ0v) is 22.3. The van der Waals surface area contributed by atoms with E-state index in [1.807, 2.05) is 4.90 Å². The topological polar surface area (TPSA) is 108 Å². The maximum Gasteiger partial charge on any atom is 0.344 e. The molecular weight excluding hydrogens is 480 g/mol. The van der Waals surface area contributed by atoms with E-state index in [4.69, 9.17) is 0 Å². The first-order chi connectivity index (χ1) is 16.9. The summed E-state index contributed by atoms with van der Waals surface area (Å²) in [6.07, 6.45) is 6.13. The number of rotatable bonds is 6. The molecule has 2 aliphatic rings. The summed E-state index contributed by atoms with van der Waals surface area (Å²) < 4.78 is 26.3. The van der Waals surface area contributed by atoms with Crippen molar-refractivity contribution in [3.05, 3.63) is 41.6 Å². The maximum atomic E-state index is 13.0. The molecule has 2 saturated heterocycles. The molecule has 4 rings (SSSR count). The molecule has 0 spiro atoms. The predicted molar refractivity (Wildman–Crippen MR) is 140 cm³/mol. The van der Waals surface area contributed by atoms with E-state index in [1.165, 1.54) is 36.4 Å². The lowest BCUT2D eigenvalue weighted by Gasteiger charge is -2.46. The molecule has 1 N–H and O–H groups in total. The molecule has 0 radical (unpaired) electrons. The van der Waals surface area contributed by atoms with Crippen LogP contribution >= 0.6 is 0 Å². The first-order valence-corrected chi connectivity index (χ1v) is 14.3. The first-order valence-electron chi connectivity index (χ1n) is 12.4. The number of aromatic nitrogens is 2. The molecule has 2 aromatic rings. The fourth-order valence-corrected chi connectivity index (χ4v) is 5.67. The molecule has 1 aromatic heterocycles. The number of aryl methyl sites for hydroxylation is 1. The van der Waals surface area contributed by atoms with Gasteiger partial charge in [0.25, 0.3) is 0 Å². The Balaban J connectivity index is 1.46. The molecule has 0 aliphatic carbocycles. The van der Waals surface area contributed by atoms with E-state index in [0.717, 1.165) is 29.6 Å². The number of likely N-dealkylation sites (tertiary alicyclic amines) is 1. The Morgan fingerprint density at radius 2 is 1.78 bits per heavy atom. The molecule has 0 bridgehead atoms. The highest BCUT2D eigenvalue weighted by Crippen LogP contribution is 2.34. The van der Waals surface area contributed by atoms with Gasteiger partial charge in [0.2, 0.25) is 15.9 Å². The van der Waals surface area contributed by atoms with Gasteiger partial charge in [0.05, 0.1) is 6.26 Å². The van der Waals surface area contributed by atoms with Gasteiger partial charge in [0.1, 0.15) is 0 Å².